The molecule has 0 bridgehead atoms. The first-order chi connectivity index (χ1) is 9.03. The second-order valence-electron chi connectivity index (χ2n) is 3.57. The van der Waals surface area contributed by atoms with Gasteiger partial charge in [-0.1, -0.05) is 53.5 Å². The summed E-state index contributed by atoms with van der Waals surface area (Å²) >= 11 is 29.1. The van der Waals surface area contributed by atoms with E-state index in [0.29, 0.717) is 5.56 Å². The number of rotatable bonds is 8. The molecule has 0 aromatic heterocycles. The smallest absolute Gasteiger partial charge is 0.226 e. The molecule has 2 nitrogen and oxygen atoms in total. The Morgan fingerprint density at radius 3 is 2.11 bits per heavy atom. The summed E-state index contributed by atoms with van der Waals surface area (Å²) < 4.78 is 11.3. The molecular weight excluding hydrogens is 353 g/mol. The lowest BCUT2D eigenvalue weighted by molar-refractivity contribution is -0.233. The van der Waals surface area contributed by atoms with Gasteiger partial charge in [0.05, 0.1) is 13.2 Å². The minimum atomic E-state index is -1.35. The molecule has 0 spiro atoms. The lowest BCUT2D eigenvalue weighted by Gasteiger charge is -2.35. The molecular formula is C12H13Cl5O2. The third-order valence-electron chi connectivity index (χ3n) is 2.28. The molecule has 1 aromatic carbocycles. The highest BCUT2D eigenvalue weighted by atomic mass is 35.5. The molecule has 0 radical (unpaired) electrons. The van der Waals surface area contributed by atoms with E-state index in [1.807, 2.05) is 18.2 Å². The molecule has 0 fully saturated rings. The minimum Gasteiger partial charge on any atom is -0.343 e. The Hall–Kier alpha value is 0.590. The van der Waals surface area contributed by atoms with E-state index in [-0.39, 0.29) is 19.1 Å². The molecule has 0 aliphatic rings. The maximum absolute atomic E-state index is 6.04. The summed E-state index contributed by atoms with van der Waals surface area (Å²) in [6.45, 7) is 0.248. The molecule has 0 N–H and O–H groups in total. The fraction of sp³-hybridized carbons (Fsp3) is 0.500. The van der Waals surface area contributed by atoms with Crippen LogP contribution in [0.25, 0.3) is 0 Å². The average Bonchev–Trinajstić information content (AvgIpc) is 2.39. The molecule has 0 saturated heterocycles. The van der Waals surface area contributed by atoms with Crippen molar-refractivity contribution in [3.63, 3.8) is 0 Å². The molecule has 0 saturated carbocycles. The van der Waals surface area contributed by atoms with Crippen LogP contribution in [0.15, 0.2) is 30.3 Å². The zero-order chi connectivity index (χ0) is 14.3. The Morgan fingerprint density at radius 1 is 1.00 bits per heavy atom. The summed E-state index contributed by atoms with van der Waals surface area (Å²) in [4.78, 5) is -1.68. The number of halogens is 5. The highest BCUT2D eigenvalue weighted by Gasteiger charge is 2.41. The maximum Gasteiger partial charge on any atom is 0.226 e. The summed E-state index contributed by atoms with van der Waals surface area (Å²) in [6.07, 6.45) is 0. The first-order valence-electron chi connectivity index (χ1n) is 5.48. The van der Waals surface area contributed by atoms with Crippen LogP contribution in [-0.2, 0) is 15.3 Å². The van der Waals surface area contributed by atoms with Crippen LogP contribution in [0.4, 0.5) is 0 Å². The van der Waals surface area contributed by atoms with Gasteiger partial charge in [-0.2, -0.15) is 0 Å². The third kappa shape index (κ3) is 5.13. The normalized spacial score (nSPS) is 14.9. The Bertz CT molecular complexity index is 360. The molecule has 1 atom stereocenters. The van der Waals surface area contributed by atoms with Crippen molar-refractivity contribution in [2.24, 2.45) is 0 Å². The fourth-order valence-electron chi connectivity index (χ4n) is 1.51. The molecule has 0 amide bonds. The van der Waals surface area contributed by atoms with Crippen molar-refractivity contribution < 1.29 is 9.47 Å². The summed E-state index contributed by atoms with van der Waals surface area (Å²) in [5.41, 5.74) is 0.670. The summed E-state index contributed by atoms with van der Waals surface area (Å²) in [5.74, 6) is -1.06. The van der Waals surface area contributed by atoms with E-state index in [1.54, 1.807) is 12.1 Å². The van der Waals surface area contributed by atoms with E-state index in [4.69, 9.17) is 67.5 Å². The SMILES string of the molecule is ClCCOC(OCC(Cl)Cl)(c1ccccc1)C(Cl)Cl. The van der Waals surface area contributed by atoms with Gasteiger partial charge in [-0.25, -0.2) is 0 Å². The summed E-state index contributed by atoms with van der Waals surface area (Å²) in [6, 6.07) is 9.10. The van der Waals surface area contributed by atoms with E-state index in [2.05, 4.69) is 0 Å². The first kappa shape index (κ1) is 17.6. The number of alkyl halides is 5. The van der Waals surface area contributed by atoms with Crippen molar-refractivity contribution in [1.82, 2.24) is 0 Å². The highest BCUT2D eigenvalue weighted by Crippen LogP contribution is 2.37. The molecule has 0 aliphatic carbocycles. The lowest BCUT2D eigenvalue weighted by atomic mass is 10.1. The van der Waals surface area contributed by atoms with Gasteiger partial charge in [0, 0.05) is 11.4 Å². The van der Waals surface area contributed by atoms with Gasteiger partial charge in [0.1, 0.15) is 4.84 Å². The summed E-state index contributed by atoms with van der Waals surface area (Å²) in [7, 11) is 0. The first-order valence-corrected chi connectivity index (χ1v) is 7.76. The van der Waals surface area contributed by atoms with E-state index in [9.17, 15) is 0 Å². The predicted octanol–water partition coefficient (Wildman–Crippen LogP) is 4.72. The van der Waals surface area contributed by atoms with E-state index in [1.165, 1.54) is 0 Å². The fourth-order valence-corrected chi connectivity index (χ4v) is 2.21. The Labute approximate surface area is 137 Å². The van der Waals surface area contributed by atoms with E-state index < -0.39 is 15.5 Å². The second kappa shape index (κ2) is 8.78. The van der Waals surface area contributed by atoms with Crippen LogP contribution in [0.2, 0.25) is 0 Å². The summed E-state index contributed by atoms with van der Waals surface area (Å²) in [5, 5.41) is 0. The third-order valence-corrected chi connectivity index (χ3v) is 3.26. The molecule has 1 unspecified atom stereocenters. The standard InChI is InChI=1S/C12H13Cl5O2/c13-6-7-18-12(11(16)17,19-8-10(14)15)9-4-2-1-3-5-9/h1-5,10-11H,6-8H2. The molecule has 1 rings (SSSR count). The van der Waals surface area contributed by atoms with Crippen LogP contribution in [-0.4, -0.2) is 28.8 Å². The van der Waals surface area contributed by atoms with Gasteiger partial charge in [0.2, 0.25) is 5.79 Å². The molecule has 1 aromatic rings. The topological polar surface area (TPSA) is 18.5 Å². The van der Waals surface area contributed by atoms with Gasteiger partial charge >= 0.3 is 0 Å². The van der Waals surface area contributed by atoms with E-state index in [0.717, 1.165) is 0 Å². The van der Waals surface area contributed by atoms with Crippen molar-refractivity contribution in [3.8, 4) is 0 Å². The zero-order valence-electron chi connectivity index (χ0n) is 9.87. The van der Waals surface area contributed by atoms with Crippen molar-refractivity contribution >= 4 is 58.0 Å². The van der Waals surface area contributed by atoms with Crippen LogP contribution in [0.5, 0.6) is 0 Å². The maximum atomic E-state index is 6.04. The number of benzene rings is 1. The number of ether oxygens (including phenoxy) is 2. The Kier molecular flexibility index (Phi) is 8.16. The molecule has 19 heavy (non-hydrogen) atoms. The average molecular weight is 366 g/mol. The Balaban J connectivity index is 3.04. The predicted molar refractivity (Wildman–Crippen MR) is 81.7 cm³/mol. The van der Waals surface area contributed by atoms with Crippen LogP contribution < -0.4 is 0 Å². The molecule has 7 heteroatoms. The van der Waals surface area contributed by atoms with Crippen molar-refractivity contribution in [2.45, 2.75) is 15.5 Å². The van der Waals surface area contributed by atoms with Crippen LogP contribution in [0, 0.1) is 0 Å². The van der Waals surface area contributed by atoms with Crippen LogP contribution in [0.1, 0.15) is 5.56 Å². The van der Waals surface area contributed by atoms with Gasteiger partial charge in [-0.3, -0.25) is 0 Å². The van der Waals surface area contributed by atoms with Crippen molar-refractivity contribution in [2.75, 3.05) is 19.1 Å². The number of hydrogen-bond acceptors (Lipinski definition) is 2. The van der Waals surface area contributed by atoms with Gasteiger partial charge in [-0.15, -0.1) is 34.8 Å². The molecule has 0 aliphatic heterocycles. The van der Waals surface area contributed by atoms with Crippen molar-refractivity contribution in [3.05, 3.63) is 35.9 Å². The van der Waals surface area contributed by atoms with Crippen LogP contribution >= 0.6 is 58.0 Å². The quantitative estimate of drug-likeness (QED) is 0.490. The second-order valence-corrected chi connectivity index (χ2v) is 6.33. The Morgan fingerprint density at radius 2 is 1.63 bits per heavy atom. The highest BCUT2D eigenvalue weighted by molar-refractivity contribution is 6.45. The van der Waals surface area contributed by atoms with Crippen LogP contribution in [0.3, 0.4) is 0 Å². The van der Waals surface area contributed by atoms with Gasteiger partial charge in [0.15, 0.2) is 4.84 Å². The largest absolute Gasteiger partial charge is 0.343 e. The van der Waals surface area contributed by atoms with Gasteiger partial charge < -0.3 is 9.47 Å². The van der Waals surface area contributed by atoms with Gasteiger partial charge in [-0.05, 0) is 0 Å². The molecule has 108 valence electrons. The molecule has 0 heterocycles. The van der Waals surface area contributed by atoms with E-state index >= 15 is 0 Å². The van der Waals surface area contributed by atoms with Crippen molar-refractivity contribution in [1.29, 1.82) is 0 Å². The lowest BCUT2D eigenvalue weighted by Crippen LogP contribution is -2.41. The zero-order valence-corrected chi connectivity index (χ0v) is 13.6. The number of hydrogen-bond donors (Lipinski definition) is 0. The monoisotopic (exact) mass is 364 g/mol. The minimum absolute atomic E-state index is 0.0240. The van der Waals surface area contributed by atoms with Gasteiger partial charge in [0.25, 0.3) is 0 Å².